The van der Waals surface area contributed by atoms with Crippen molar-refractivity contribution in [1.29, 1.82) is 0 Å². The van der Waals surface area contributed by atoms with Gasteiger partial charge in [-0.25, -0.2) is 4.98 Å². The summed E-state index contributed by atoms with van der Waals surface area (Å²) in [6.45, 7) is 5.44. The van der Waals surface area contributed by atoms with Crippen LogP contribution in [0.1, 0.15) is 44.0 Å². The molecule has 1 saturated heterocycles. The third-order valence-corrected chi connectivity index (χ3v) is 5.09. The van der Waals surface area contributed by atoms with Crippen molar-refractivity contribution in [3.05, 3.63) is 41.5 Å². The molecule has 3 nitrogen and oxygen atoms in total. The summed E-state index contributed by atoms with van der Waals surface area (Å²) in [6.07, 6.45) is 5.66. The fourth-order valence-electron chi connectivity index (χ4n) is 2.61. The molecule has 1 unspecified atom stereocenters. The average molecular weight is 302 g/mol. The number of hydrogen-bond acceptors (Lipinski definition) is 4. The molecule has 0 radical (unpaired) electrons. The Morgan fingerprint density at radius 3 is 2.76 bits per heavy atom. The van der Waals surface area contributed by atoms with Crippen molar-refractivity contribution in [2.24, 2.45) is 0 Å². The lowest BCUT2D eigenvalue weighted by Crippen LogP contribution is -2.43. The standard InChI is InChI=1S/C17H22N2OS/c1-13(2)17-18-12-16(21-17)19-11-7-6-10-15(19)20-14-8-4-3-5-9-14/h3-5,8-9,12-13,15H,6-7,10-11H2,1-2H3. The Bertz CT molecular complexity index is 567. The molecule has 0 N–H and O–H groups in total. The number of nitrogens with zero attached hydrogens (tertiary/aromatic N) is 2. The van der Waals surface area contributed by atoms with Crippen LogP contribution in [0.25, 0.3) is 0 Å². The Labute approximate surface area is 130 Å². The van der Waals surface area contributed by atoms with Gasteiger partial charge in [-0.1, -0.05) is 32.0 Å². The summed E-state index contributed by atoms with van der Waals surface area (Å²) in [4.78, 5) is 6.93. The zero-order valence-corrected chi connectivity index (χ0v) is 13.5. The highest BCUT2D eigenvalue weighted by Gasteiger charge is 2.26. The number of rotatable bonds is 4. The molecular formula is C17H22N2OS. The normalized spacial score (nSPS) is 19.0. The van der Waals surface area contributed by atoms with Gasteiger partial charge < -0.3 is 9.64 Å². The Morgan fingerprint density at radius 1 is 1.24 bits per heavy atom. The smallest absolute Gasteiger partial charge is 0.172 e. The number of thiazole rings is 1. The highest BCUT2D eigenvalue weighted by molar-refractivity contribution is 7.15. The van der Waals surface area contributed by atoms with E-state index in [1.165, 1.54) is 22.9 Å². The second kappa shape index (κ2) is 6.48. The second-order valence-corrected chi connectivity index (χ2v) is 6.81. The summed E-state index contributed by atoms with van der Waals surface area (Å²) in [7, 11) is 0. The first-order chi connectivity index (χ1) is 10.2. The topological polar surface area (TPSA) is 25.4 Å². The fourth-order valence-corrected chi connectivity index (χ4v) is 3.60. The molecule has 3 rings (SSSR count). The minimum atomic E-state index is 0.126. The molecule has 21 heavy (non-hydrogen) atoms. The lowest BCUT2D eigenvalue weighted by atomic mass is 10.1. The molecule has 0 saturated carbocycles. The van der Waals surface area contributed by atoms with Crippen molar-refractivity contribution in [2.75, 3.05) is 11.4 Å². The van der Waals surface area contributed by atoms with Crippen molar-refractivity contribution in [3.63, 3.8) is 0 Å². The van der Waals surface area contributed by atoms with Gasteiger partial charge in [0.15, 0.2) is 6.23 Å². The van der Waals surface area contributed by atoms with E-state index in [0.29, 0.717) is 5.92 Å². The number of aromatic nitrogens is 1. The summed E-state index contributed by atoms with van der Waals surface area (Å²) in [5, 5.41) is 2.44. The third-order valence-electron chi connectivity index (χ3n) is 3.75. The predicted octanol–water partition coefficient (Wildman–Crippen LogP) is 4.66. The molecule has 0 aliphatic carbocycles. The maximum Gasteiger partial charge on any atom is 0.172 e. The van der Waals surface area contributed by atoms with Crippen LogP contribution in [0.4, 0.5) is 5.00 Å². The van der Waals surface area contributed by atoms with Gasteiger partial charge in [0.25, 0.3) is 0 Å². The zero-order valence-electron chi connectivity index (χ0n) is 12.7. The first-order valence-electron chi connectivity index (χ1n) is 7.68. The van der Waals surface area contributed by atoms with Gasteiger partial charge in [0.05, 0.1) is 11.2 Å². The molecule has 0 bridgehead atoms. The van der Waals surface area contributed by atoms with Crippen molar-refractivity contribution in [1.82, 2.24) is 4.98 Å². The zero-order chi connectivity index (χ0) is 14.7. The number of benzene rings is 1. The second-order valence-electron chi connectivity index (χ2n) is 5.77. The molecule has 1 aromatic carbocycles. The molecule has 112 valence electrons. The molecule has 4 heteroatoms. The molecule has 0 spiro atoms. The number of para-hydroxylation sites is 1. The molecule has 2 aromatic rings. The first kappa shape index (κ1) is 14.4. The van der Waals surface area contributed by atoms with Crippen LogP contribution in [0.3, 0.4) is 0 Å². The molecule has 1 atom stereocenters. The average Bonchev–Trinajstić information content (AvgIpc) is 2.99. The van der Waals surface area contributed by atoms with Crippen LogP contribution in [-0.4, -0.2) is 17.8 Å². The van der Waals surface area contributed by atoms with E-state index >= 15 is 0 Å². The Morgan fingerprint density at radius 2 is 2.05 bits per heavy atom. The largest absolute Gasteiger partial charge is 0.471 e. The van der Waals surface area contributed by atoms with Crippen LogP contribution in [0.5, 0.6) is 5.75 Å². The van der Waals surface area contributed by atoms with Crippen LogP contribution in [0.2, 0.25) is 0 Å². The van der Waals surface area contributed by atoms with E-state index in [4.69, 9.17) is 4.74 Å². The minimum absolute atomic E-state index is 0.126. The third kappa shape index (κ3) is 3.38. The summed E-state index contributed by atoms with van der Waals surface area (Å²) in [5.74, 6) is 1.44. The van der Waals surface area contributed by atoms with Crippen molar-refractivity contribution < 1.29 is 4.74 Å². The van der Waals surface area contributed by atoms with Gasteiger partial charge in [-0.2, -0.15) is 0 Å². The first-order valence-corrected chi connectivity index (χ1v) is 8.50. The van der Waals surface area contributed by atoms with Gasteiger partial charge in [0, 0.05) is 18.9 Å². The molecule has 2 heterocycles. The van der Waals surface area contributed by atoms with Gasteiger partial charge in [-0.05, 0) is 25.0 Å². The highest BCUT2D eigenvalue weighted by Crippen LogP contribution is 2.33. The molecule has 0 amide bonds. The maximum absolute atomic E-state index is 6.20. The van der Waals surface area contributed by atoms with Gasteiger partial charge >= 0.3 is 0 Å². The maximum atomic E-state index is 6.20. The van der Waals surface area contributed by atoms with Crippen LogP contribution >= 0.6 is 11.3 Å². The Hall–Kier alpha value is -1.55. The SMILES string of the molecule is CC(C)c1ncc(N2CCCCC2Oc2ccccc2)s1. The monoisotopic (exact) mass is 302 g/mol. The van der Waals surface area contributed by atoms with E-state index in [-0.39, 0.29) is 6.23 Å². The number of piperidine rings is 1. The Balaban J connectivity index is 1.77. The van der Waals surface area contributed by atoms with E-state index in [1.807, 2.05) is 36.5 Å². The summed E-state index contributed by atoms with van der Waals surface area (Å²) >= 11 is 1.80. The summed E-state index contributed by atoms with van der Waals surface area (Å²) in [5.41, 5.74) is 0. The van der Waals surface area contributed by atoms with E-state index < -0.39 is 0 Å². The summed E-state index contributed by atoms with van der Waals surface area (Å²) in [6, 6.07) is 10.1. The van der Waals surface area contributed by atoms with Crippen LogP contribution in [0.15, 0.2) is 36.5 Å². The number of ether oxygens (including phenoxy) is 1. The lowest BCUT2D eigenvalue weighted by Gasteiger charge is -2.36. The molecular weight excluding hydrogens is 280 g/mol. The van der Waals surface area contributed by atoms with Crippen molar-refractivity contribution in [3.8, 4) is 5.75 Å². The van der Waals surface area contributed by atoms with Crippen molar-refractivity contribution in [2.45, 2.75) is 45.3 Å². The molecule has 1 fully saturated rings. The summed E-state index contributed by atoms with van der Waals surface area (Å²) < 4.78 is 6.20. The van der Waals surface area contributed by atoms with Gasteiger partial charge in [0.2, 0.25) is 0 Å². The molecule has 1 aliphatic rings. The van der Waals surface area contributed by atoms with Crippen LogP contribution in [0, 0.1) is 0 Å². The van der Waals surface area contributed by atoms with E-state index in [1.54, 1.807) is 11.3 Å². The number of anilines is 1. The molecule has 1 aromatic heterocycles. The van der Waals surface area contributed by atoms with Gasteiger partial charge in [-0.3, -0.25) is 0 Å². The van der Waals surface area contributed by atoms with E-state index in [0.717, 1.165) is 18.7 Å². The van der Waals surface area contributed by atoms with Crippen molar-refractivity contribution >= 4 is 16.3 Å². The van der Waals surface area contributed by atoms with Gasteiger partial charge in [0.1, 0.15) is 10.8 Å². The molecule has 1 aliphatic heterocycles. The van der Waals surface area contributed by atoms with E-state index in [9.17, 15) is 0 Å². The Kier molecular flexibility index (Phi) is 4.44. The minimum Gasteiger partial charge on any atom is -0.471 e. The predicted molar refractivity (Wildman–Crippen MR) is 88.3 cm³/mol. The van der Waals surface area contributed by atoms with E-state index in [2.05, 4.69) is 23.7 Å². The number of hydrogen-bond donors (Lipinski definition) is 0. The van der Waals surface area contributed by atoms with Crippen LogP contribution in [-0.2, 0) is 0 Å². The quantitative estimate of drug-likeness (QED) is 0.821. The van der Waals surface area contributed by atoms with Gasteiger partial charge in [-0.15, -0.1) is 11.3 Å². The highest BCUT2D eigenvalue weighted by atomic mass is 32.1. The lowest BCUT2D eigenvalue weighted by molar-refractivity contribution is 0.165. The fraction of sp³-hybridized carbons (Fsp3) is 0.471. The van der Waals surface area contributed by atoms with Crippen LogP contribution < -0.4 is 9.64 Å².